The molecule has 3 rings (SSSR count). The number of carbonyl (C=O) groups excluding carboxylic acids is 1. The van der Waals surface area contributed by atoms with Gasteiger partial charge in [-0.15, -0.1) is 12.4 Å². The largest absolute Gasteiger partial charge is 0.390 e. The van der Waals surface area contributed by atoms with E-state index in [1.54, 1.807) is 0 Å². The van der Waals surface area contributed by atoms with Crippen molar-refractivity contribution < 1.29 is 9.90 Å². The van der Waals surface area contributed by atoms with Gasteiger partial charge in [0.2, 0.25) is 5.91 Å². The standard InChI is InChI=1S/C16H22N2O2.ClH/c1-16(7-4-8-17-10-16)15(20)18-14-12-6-3-2-5-11(12)9-13(14)19;/h2-3,5-6,13-14,17,19H,4,7-10H2,1H3,(H,18,20);1H/t13-,14+,16?;/m0./s1. The predicted molar refractivity (Wildman–Crippen MR) is 84.5 cm³/mol. The molecular weight excluding hydrogens is 288 g/mol. The third-order valence-electron chi connectivity index (χ3n) is 4.64. The summed E-state index contributed by atoms with van der Waals surface area (Å²) in [4.78, 5) is 12.6. The minimum atomic E-state index is -0.517. The van der Waals surface area contributed by atoms with E-state index in [2.05, 4.69) is 10.6 Å². The molecule has 4 nitrogen and oxygen atoms in total. The van der Waals surface area contributed by atoms with E-state index in [1.807, 2.05) is 31.2 Å². The van der Waals surface area contributed by atoms with Crippen molar-refractivity contribution in [2.45, 2.75) is 38.3 Å². The number of halogens is 1. The van der Waals surface area contributed by atoms with Crippen LogP contribution in [0.1, 0.15) is 36.9 Å². The zero-order chi connectivity index (χ0) is 14.2. The van der Waals surface area contributed by atoms with Crippen LogP contribution in [0.5, 0.6) is 0 Å². The fraction of sp³-hybridized carbons (Fsp3) is 0.562. The van der Waals surface area contributed by atoms with Crippen LogP contribution in [0.3, 0.4) is 0 Å². The second-order valence-electron chi connectivity index (χ2n) is 6.26. The number of hydrogen-bond acceptors (Lipinski definition) is 3. The van der Waals surface area contributed by atoms with Crippen molar-refractivity contribution >= 4 is 18.3 Å². The number of piperidine rings is 1. The number of benzene rings is 1. The number of rotatable bonds is 2. The molecule has 3 atom stereocenters. The fourth-order valence-corrected chi connectivity index (χ4v) is 3.31. The monoisotopic (exact) mass is 310 g/mol. The molecule has 5 heteroatoms. The number of hydrogen-bond donors (Lipinski definition) is 3. The van der Waals surface area contributed by atoms with E-state index in [9.17, 15) is 9.90 Å². The molecule has 0 aromatic heterocycles. The van der Waals surface area contributed by atoms with Crippen LogP contribution in [-0.4, -0.2) is 30.2 Å². The highest BCUT2D eigenvalue weighted by atomic mass is 35.5. The van der Waals surface area contributed by atoms with E-state index in [-0.39, 0.29) is 29.8 Å². The average Bonchev–Trinajstić information content (AvgIpc) is 2.76. The van der Waals surface area contributed by atoms with E-state index in [1.165, 1.54) is 0 Å². The number of nitrogens with one attached hydrogen (secondary N) is 2. The normalized spacial score (nSPS) is 31.1. The van der Waals surface area contributed by atoms with Gasteiger partial charge in [0, 0.05) is 13.0 Å². The van der Waals surface area contributed by atoms with Crippen LogP contribution in [0.25, 0.3) is 0 Å². The molecule has 0 radical (unpaired) electrons. The Hall–Kier alpha value is -1.10. The summed E-state index contributed by atoms with van der Waals surface area (Å²) in [6.07, 6.45) is 2.02. The first-order valence-corrected chi connectivity index (χ1v) is 7.38. The van der Waals surface area contributed by atoms with Crippen LogP contribution in [0.4, 0.5) is 0 Å². The maximum Gasteiger partial charge on any atom is 0.227 e. The highest BCUT2D eigenvalue weighted by Crippen LogP contribution is 2.33. The molecule has 0 spiro atoms. The molecule has 1 aliphatic carbocycles. The van der Waals surface area contributed by atoms with Crippen molar-refractivity contribution in [3.8, 4) is 0 Å². The van der Waals surface area contributed by atoms with Crippen molar-refractivity contribution in [3.63, 3.8) is 0 Å². The van der Waals surface area contributed by atoms with Gasteiger partial charge in [-0.3, -0.25) is 4.79 Å². The summed E-state index contributed by atoms with van der Waals surface area (Å²) >= 11 is 0. The summed E-state index contributed by atoms with van der Waals surface area (Å²) in [7, 11) is 0. The quantitative estimate of drug-likeness (QED) is 0.777. The Labute approximate surface area is 131 Å². The maximum atomic E-state index is 12.6. The van der Waals surface area contributed by atoms with Crippen LogP contribution >= 0.6 is 12.4 Å². The average molecular weight is 311 g/mol. The summed E-state index contributed by atoms with van der Waals surface area (Å²) in [6, 6.07) is 7.69. The van der Waals surface area contributed by atoms with Crippen molar-refractivity contribution in [1.29, 1.82) is 0 Å². The van der Waals surface area contributed by atoms with Gasteiger partial charge in [0.05, 0.1) is 17.6 Å². The Kier molecular flexibility index (Phi) is 4.91. The third-order valence-corrected chi connectivity index (χ3v) is 4.64. The smallest absolute Gasteiger partial charge is 0.227 e. The van der Waals surface area contributed by atoms with E-state index >= 15 is 0 Å². The predicted octanol–water partition coefficient (Wildman–Crippen LogP) is 1.57. The fourth-order valence-electron chi connectivity index (χ4n) is 3.31. The highest BCUT2D eigenvalue weighted by molar-refractivity contribution is 5.85. The first kappa shape index (κ1) is 16.3. The van der Waals surface area contributed by atoms with E-state index in [4.69, 9.17) is 0 Å². The van der Waals surface area contributed by atoms with Crippen LogP contribution in [0.15, 0.2) is 24.3 Å². The molecule has 1 amide bonds. The van der Waals surface area contributed by atoms with E-state index in [0.29, 0.717) is 13.0 Å². The number of aliphatic hydroxyl groups is 1. The zero-order valence-electron chi connectivity index (χ0n) is 12.3. The molecular formula is C16H23ClN2O2. The number of amides is 1. The van der Waals surface area contributed by atoms with Crippen LogP contribution in [-0.2, 0) is 11.2 Å². The third kappa shape index (κ3) is 3.07. The molecule has 1 heterocycles. The summed E-state index contributed by atoms with van der Waals surface area (Å²) in [5.74, 6) is 0.0467. The lowest BCUT2D eigenvalue weighted by Gasteiger charge is -2.34. The summed E-state index contributed by atoms with van der Waals surface area (Å²) in [5.41, 5.74) is 1.83. The summed E-state index contributed by atoms with van der Waals surface area (Å²) < 4.78 is 0. The minimum absolute atomic E-state index is 0. The van der Waals surface area contributed by atoms with Crippen molar-refractivity contribution in [2.24, 2.45) is 5.41 Å². The highest BCUT2D eigenvalue weighted by Gasteiger charge is 2.39. The molecule has 116 valence electrons. The second-order valence-corrected chi connectivity index (χ2v) is 6.26. The first-order valence-electron chi connectivity index (χ1n) is 7.38. The maximum absolute atomic E-state index is 12.6. The molecule has 21 heavy (non-hydrogen) atoms. The first-order chi connectivity index (χ1) is 9.60. The molecule has 1 fully saturated rings. The summed E-state index contributed by atoms with van der Waals surface area (Å²) in [6.45, 7) is 3.70. The van der Waals surface area contributed by atoms with Gasteiger partial charge in [0.1, 0.15) is 0 Å². The van der Waals surface area contributed by atoms with Gasteiger partial charge in [0.15, 0.2) is 0 Å². The molecule has 2 aliphatic rings. The topological polar surface area (TPSA) is 61.4 Å². The Morgan fingerprint density at radius 3 is 2.90 bits per heavy atom. The molecule has 1 saturated heterocycles. The summed E-state index contributed by atoms with van der Waals surface area (Å²) in [5, 5.41) is 16.6. The molecule has 1 aromatic carbocycles. The lowest BCUT2D eigenvalue weighted by molar-refractivity contribution is -0.132. The van der Waals surface area contributed by atoms with Crippen molar-refractivity contribution in [2.75, 3.05) is 13.1 Å². The van der Waals surface area contributed by atoms with Crippen molar-refractivity contribution in [1.82, 2.24) is 10.6 Å². The lowest BCUT2D eigenvalue weighted by atomic mass is 9.81. The van der Waals surface area contributed by atoms with Crippen molar-refractivity contribution in [3.05, 3.63) is 35.4 Å². The Morgan fingerprint density at radius 2 is 2.19 bits per heavy atom. The van der Waals surface area contributed by atoms with Gasteiger partial charge in [-0.2, -0.15) is 0 Å². The van der Waals surface area contributed by atoms with E-state index < -0.39 is 6.10 Å². The van der Waals surface area contributed by atoms with Gasteiger partial charge in [-0.1, -0.05) is 24.3 Å². The number of aliphatic hydroxyl groups excluding tert-OH is 1. The van der Waals surface area contributed by atoms with Crippen LogP contribution in [0.2, 0.25) is 0 Å². The molecule has 1 aliphatic heterocycles. The lowest BCUT2D eigenvalue weighted by Crippen LogP contribution is -2.50. The van der Waals surface area contributed by atoms with Gasteiger partial charge in [-0.05, 0) is 37.4 Å². The minimum Gasteiger partial charge on any atom is -0.390 e. The zero-order valence-corrected chi connectivity index (χ0v) is 13.1. The number of fused-ring (bicyclic) bond motifs is 1. The molecule has 1 aromatic rings. The molecule has 1 unspecified atom stereocenters. The number of carbonyl (C=O) groups is 1. The Balaban J connectivity index is 0.00000161. The Morgan fingerprint density at radius 1 is 1.43 bits per heavy atom. The van der Waals surface area contributed by atoms with Gasteiger partial charge in [-0.25, -0.2) is 0 Å². The second kappa shape index (κ2) is 6.34. The van der Waals surface area contributed by atoms with E-state index in [0.717, 1.165) is 30.5 Å². The SMILES string of the molecule is CC1(C(=O)N[C@@H]2c3ccccc3C[C@@H]2O)CCCNC1.Cl. The van der Waals surface area contributed by atoms with Gasteiger partial charge in [0.25, 0.3) is 0 Å². The van der Waals surface area contributed by atoms with Gasteiger partial charge >= 0.3 is 0 Å². The van der Waals surface area contributed by atoms with Crippen LogP contribution < -0.4 is 10.6 Å². The molecule has 0 saturated carbocycles. The van der Waals surface area contributed by atoms with Crippen LogP contribution in [0, 0.1) is 5.41 Å². The molecule has 3 N–H and O–H groups in total. The van der Waals surface area contributed by atoms with Gasteiger partial charge < -0.3 is 15.7 Å². The molecule has 0 bridgehead atoms. The Bertz CT molecular complexity index is 515.